The maximum Gasteiger partial charge on any atom is 0.240 e. The summed E-state index contributed by atoms with van der Waals surface area (Å²) in [4.78, 5) is 2.09. The molecule has 2 rings (SSSR count). The van der Waals surface area contributed by atoms with Crippen molar-refractivity contribution in [3.63, 3.8) is 0 Å². The van der Waals surface area contributed by atoms with Gasteiger partial charge in [0.25, 0.3) is 0 Å². The predicted molar refractivity (Wildman–Crippen MR) is 71.7 cm³/mol. The van der Waals surface area contributed by atoms with Crippen LogP contribution in [-0.2, 0) is 6.54 Å². The van der Waals surface area contributed by atoms with Crippen molar-refractivity contribution in [1.82, 2.24) is 25.1 Å². The molecule has 1 aromatic heterocycles. The molecule has 0 spiro atoms. The predicted octanol–water partition coefficient (Wildman–Crippen LogP) is 0.567. The highest BCUT2D eigenvalue weighted by Gasteiger charge is 2.17. The zero-order valence-corrected chi connectivity index (χ0v) is 11.3. The molecule has 19 heavy (non-hydrogen) atoms. The Labute approximate surface area is 112 Å². The van der Waals surface area contributed by atoms with Gasteiger partial charge in [0.2, 0.25) is 5.95 Å². The number of aromatic nitrogens is 4. The molecule has 0 bridgehead atoms. The van der Waals surface area contributed by atoms with Crippen molar-refractivity contribution in [3.05, 3.63) is 29.8 Å². The third-order valence-corrected chi connectivity index (χ3v) is 3.01. The zero-order valence-electron chi connectivity index (χ0n) is 11.3. The molecule has 0 amide bonds. The molecule has 0 aliphatic carbocycles. The van der Waals surface area contributed by atoms with E-state index in [4.69, 9.17) is 10.5 Å². The van der Waals surface area contributed by atoms with Crippen LogP contribution >= 0.6 is 0 Å². The van der Waals surface area contributed by atoms with Gasteiger partial charge in [0.15, 0.2) is 0 Å². The molecule has 2 N–H and O–H groups in total. The lowest BCUT2D eigenvalue weighted by Gasteiger charge is -2.24. The summed E-state index contributed by atoms with van der Waals surface area (Å²) in [6.45, 7) is 0.582. The summed E-state index contributed by atoms with van der Waals surface area (Å²) < 4.78 is 6.84. The van der Waals surface area contributed by atoms with Crippen LogP contribution in [0.25, 0.3) is 0 Å². The smallest absolute Gasteiger partial charge is 0.240 e. The van der Waals surface area contributed by atoms with Crippen LogP contribution in [0.15, 0.2) is 24.3 Å². The van der Waals surface area contributed by atoms with Crippen molar-refractivity contribution in [2.24, 2.45) is 0 Å². The van der Waals surface area contributed by atoms with Crippen molar-refractivity contribution in [2.45, 2.75) is 12.6 Å². The SMILES string of the molecule is COc1cccc(C(Cn2nnnc2N)N(C)C)c1. The normalized spacial score (nSPS) is 12.6. The van der Waals surface area contributed by atoms with Gasteiger partial charge in [-0.25, -0.2) is 4.68 Å². The van der Waals surface area contributed by atoms with Gasteiger partial charge in [-0.15, -0.1) is 0 Å². The summed E-state index contributed by atoms with van der Waals surface area (Å²) in [7, 11) is 5.67. The fourth-order valence-electron chi connectivity index (χ4n) is 1.92. The van der Waals surface area contributed by atoms with Gasteiger partial charge in [0.1, 0.15) is 5.75 Å². The van der Waals surface area contributed by atoms with Gasteiger partial charge in [-0.2, -0.15) is 0 Å². The van der Waals surface area contributed by atoms with Gasteiger partial charge in [-0.3, -0.25) is 0 Å². The molecule has 0 saturated carbocycles. The fourth-order valence-corrected chi connectivity index (χ4v) is 1.92. The lowest BCUT2D eigenvalue weighted by atomic mass is 10.1. The van der Waals surface area contributed by atoms with Crippen molar-refractivity contribution in [1.29, 1.82) is 0 Å². The molecule has 2 aromatic rings. The van der Waals surface area contributed by atoms with Crippen LogP contribution < -0.4 is 10.5 Å². The molecule has 102 valence electrons. The number of nitrogens with two attached hydrogens (primary N) is 1. The Morgan fingerprint density at radius 1 is 1.42 bits per heavy atom. The number of nitrogens with zero attached hydrogens (tertiary/aromatic N) is 5. The summed E-state index contributed by atoms with van der Waals surface area (Å²) in [5.41, 5.74) is 6.83. The molecule has 0 radical (unpaired) electrons. The second-order valence-electron chi connectivity index (χ2n) is 4.48. The van der Waals surface area contributed by atoms with E-state index < -0.39 is 0 Å². The van der Waals surface area contributed by atoms with E-state index in [0.29, 0.717) is 12.5 Å². The van der Waals surface area contributed by atoms with Crippen LogP contribution in [0.5, 0.6) is 5.75 Å². The number of nitrogen functional groups attached to an aromatic ring is 1. The molecule has 0 aliphatic heterocycles. The summed E-state index contributed by atoms with van der Waals surface area (Å²) in [5, 5.41) is 11.1. The van der Waals surface area contributed by atoms with E-state index in [1.54, 1.807) is 11.8 Å². The second kappa shape index (κ2) is 5.66. The van der Waals surface area contributed by atoms with Gasteiger partial charge in [0.05, 0.1) is 19.7 Å². The first-order chi connectivity index (χ1) is 9.11. The third kappa shape index (κ3) is 3.00. The minimum Gasteiger partial charge on any atom is -0.497 e. The van der Waals surface area contributed by atoms with Crippen LogP contribution in [0.3, 0.4) is 0 Å². The number of methoxy groups -OCH3 is 1. The minimum atomic E-state index is 0.112. The van der Waals surface area contributed by atoms with Gasteiger partial charge in [0, 0.05) is 0 Å². The number of likely N-dealkylation sites (N-methyl/N-ethyl adjacent to an activating group) is 1. The molecule has 0 fully saturated rings. The lowest BCUT2D eigenvalue weighted by molar-refractivity contribution is 0.260. The van der Waals surface area contributed by atoms with Crippen molar-refractivity contribution < 1.29 is 4.74 Å². The standard InChI is InChI=1S/C12H18N6O/c1-17(2)11(8-18-12(13)14-15-16-18)9-5-4-6-10(7-9)19-3/h4-7,11H,8H2,1-3H3,(H2,13,14,16). The largest absolute Gasteiger partial charge is 0.497 e. The first kappa shape index (κ1) is 13.3. The summed E-state index contributed by atoms with van der Waals surface area (Å²) in [5.74, 6) is 1.14. The number of anilines is 1. The fraction of sp³-hybridized carbons (Fsp3) is 0.417. The monoisotopic (exact) mass is 262 g/mol. The van der Waals surface area contributed by atoms with Crippen LogP contribution in [0.1, 0.15) is 11.6 Å². The number of tetrazole rings is 1. The number of benzene rings is 1. The van der Waals surface area contributed by atoms with Crippen molar-refractivity contribution >= 4 is 5.95 Å². The van der Waals surface area contributed by atoms with E-state index in [-0.39, 0.29) is 6.04 Å². The van der Waals surface area contributed by atoms with Crippen LogP contribution in [0.4, 0.5) is 5.95 Å². The summed E-state index contributed by atoms with van der Waals surface area (Å²) >= 11 is 0. The Balaban J connectivity index is 2.27. The molecular weight excluding hydrogens is 244 g/mol. The Morgan fingerprint density at radius 2 is 2.21 bits per heavy atom. The zero-order chi connectivity index (χ0) is 13.8. The molecular formula is C12H18N6O. The molecule has 1 atom stereocenters. The van der Waals surface area contributed by atoms with E-state index in [1.165, 1.54) is 0 Å². The van der Waals surface area contributed by atoms with Gasteiger partial charge in [-0.05, 0) is 42.2 Å². The second-order valence-corrected chi connectivity index (χ2v) is 4.48. The van der Waals surface area contributed by atoms with E-state index in [9.17, 15) is 0 Å². The highest BCUT2D eigenvalue weighted by Crippen LogP contribution is 2.24. The Morgan fingerprint density at radius 3 is 2.79 bits per heavy atom. The number of ether oxygens (including phenoxy) is 1. The van der Waals surface area contributed by atoms with Gasteiger partial charge < -0.3 is 15.4 Å². The number of hydrogen-bond acceptors (Lipinski definition) is 6. The van der Waals surface area contributed by atoms with Crippen LogP contribution in [0, 0.1) is 0 Å². The highest BCUT2D eigenvalue weighted by atomic mass is 16.5. The minimum absolute atomic E-state index is 0.112. The topological polar surface area (TPSA) is 82.1 Å². The first-order valence-electron chi connectivity index (χ1n) is 5.94. The number of rotatable bonds is 5. The van der Waals surface area contributed by atoms with E-state index in [0.717, 1.165) is 11.3 Å². The maximum absolute atomic E-state index is 5.71. The molecule has 7 heteroatoms. The van der Waals surface area contributed by atoms with Crippen molar-refractivity contribution in [2.75, 3.05) is 26.9 Å². The lowest BCUT2D eigenvalue weighted by Crippen LogP contribution is -2.25. The van der Waals surface area contributed by atoms with Crippen molar-refractivity contribution in [3.8, 4) is 5.75 Å². The van der Waals surface area contributed by atoms with Crippen LogP contribution in [0.2, 0.25) is 0 Å². The van der Waals surface area contributed by atoms with E-state index >= 15 is 0 Å². The molecule has 7 nitrogen and oxygen atoms in total. The van der Waals surface area contributed by atoms with Gasteiger partial charge >= 0.3 is 0 Å². The Bertz CT molecular complexity index is 539. The third-order valence-electron chi connectivity index (χ3n) is 3.01. The quantitative estimate of drug-likeness (QED) is 0.848. The molecule has 1 heterocycles. The highest BCUT2D eigenvalue weighted by molar-refractivity contribution is 5.30. The average molecular weight is 262 g/mol. The molecule has 1 unspecified atom stereocenters. The van der Waals surface area contributed by atoms with E-state index in [2.05, 4.69) is 20.4 Å². The summed E-state index contributed by atoms with van der Waals surface area (Å²) in [6, 6.07) is 8.05. The van der Waals surface area contributed by atoms with Crippen LogP contribution in [-0.4, -0.2) is 46.3 Å². The number of hydrogen-bond donors (Lipinski definition) is 1. The van der Waals surface area contributed by atoms with Gasteiger partial charge in [-0.1, -0.05) is 17.2 Å². The molecule has 0 saturated heterocycles. The first-order valence-corrected chi connectivity index (χ1v) is 5.94. The summed E-state index contributed by atoms with van der Waals surface area (Å²) in [6.07, 6.45) is 0. The maximum atomic E-state index is 5.71. The average Bonchev–Trinajstić information content (AvgIpc) is 2.81. The van der Waals surface area contributed by atoms with E-state index in [1.807, 2.05) is 38.4 Å². The Kier molecular flexibility index (Phi) is 3.96. The Hall–Kier alpha value is -2.15. The molecule has 1 aromatic carbocycles. The molecule has 0 aliphatic rings.